The van der Waals surface area contributed by atoms with Crippen LogP contribution in [-0.2, 0) is 16.0 Å². The zero-order chi connectivity index (χ0) is 24.6. The van der Waals surface area contributed by atoms with Crippen molar-refractivity contribution in [3.63, 3.8) is 0 Å². The van der Waals surface area contributed by atoms with Crippen molar-refractivity contribution in [2.75, 3.05) is 0 Å². The number of esters is 1. The van der Waals surface area contributed by atoms with E-state index < -0.39 is 6.10 Å². The van der Waals surface area contributed by atoms with Gasteiger partial charge in [-0.15, -0.1) is 0 Å². The zero-order valence-electron chi connectivity index (χ0n) is 20.1. The predicted octanol–water partition coefficient (Wildman–Crippen LogP) is 7.64. The molecule has 4 nitrogen and oxygen atoms in total. The molecule has 4 aromatic carbocycles. The first-order valence-corrected chi connectivity index (χ1v) is 11.9. The Morgan fingerprint density at radius 3 is 2.29 bits per heavy atom. The summed E-state index contributed by atoms with van der Waals surface area (Å²) in [6.07, 6.45) is 0.425. The van der Waals surface area contributed by atoms with Crippen molar-refractivity contribution in [2.24, 2.45) is 11.8 Å². The molecule has 0 bridgehead atoms. The Morgan fingerprint density at radius 1 is 0.829 bits per heavy atom. The number of rotatable bonds is 9. The number of hydrogen-bond acceptors (Lipinski definition) is 4. The fraction of sp³-hybridized carbons (Fsp3) is 0.226. The number of nitriles is 1. The monoisotopic (exact) mass is 463 g/mol. The molecule has 0 saturated heterocycles. The number of carbonyl (C=O) groups excluding carboxylic acids is 1. The van der Waals surface area contributed by atoms with Crippen LogP contribution in [0.3, 0.4) is 0 Å². The van der Waals surface area contributed by atoms with E-state index in [-0.39, 0.29) is 17.8 Å². The Labute approximate surface area is 206 Å². The Bertz CT molecular complexity index is 1320. The quantitative estimate of drug-likeness (QED) is 0.239. The largest absolute Gasteiger partial charge is 0.457 e. The van der Waals surface area contributed by atoms with Crippen LogP contribution in [0, 0.1) is 23.2 Å². The number of nitrogens with zero attached hydrogens (tertiary/aromatic N) is 1. The molecule has 0 aliphatic carbocycles. The van der Waals surface area contributed by atoms with Crippen LogP contribution in [0.25, 0.3) is 10.8 Å². The van der Waals surface area contributed by atoms with Crippen molar-refractivity contribution in [2.45, 2.75) is 32.8 Å². The van der Waals surface area contributed by atoms with Gasteiger partial charge in [0.1, 0.15) is 17.6 Å². The summed E-state index contributed by atoms with van der Waals surface area (Å²) in [6.45, 7) is 4.03. The van der Waals surface area contributed by atoms with E-state index in [1.165, 1.54) is 16.3 Å². The molecule has 0 spiro atoms. The minimum absolute atomic E-state index is 0.0926. The van der Waals surface area contributed by atoms with Gasteiger partial charge in [-0.2, -0.15) is 5.26 Å². The lowest BCUT2D eigenvalue weighted by Crippen LogP contribution is -2.25. The Morgan fingerprint density at radius 2 is 1.54 bits per heavy atom. The lowest BCUT2D eigenvalue weighted by Gasteiger charge is -2.21. The molecule has 4 heteroatoms. The zero-order valence-corrected chi connectivity index (χ0v) is 20.1. The van der Waals surface area contributed by atoms with Crippen LogP contribution in [-0.4, -0.2) is 5.97 Å². The third-order valence-corrected chi connectivity index (χ3v) is 6.16. The number of aryl methyl sites for hydroxylation is 1. The van der Waals surface area contributed by atoms with Gasteiger partial charge in [-0.1, -0.05) is 86.6 Å². The smallest absolute Gasteiger partial charge is 0.310 e. The average molecular weight is 464 g/mol. The molecule has 0 radical (unpaired) electrons. The van der Waals surface area contributed by atoms with Crippen molar-refractivity contribution in [1.29, 1.82) is 5.26 Å². The van der Waals surface area contributed by atoms with Crippen molar-refractivity contribution in [1.82, 2.24) is 0 Å². The van der Waals surface area contributed by atoms with E-state index in [1.54, 1.807) is 18.2 Å². The van der Waals surface area contributed by atoms with E-state index >= 15 is 0 Å². The van der Waals surface area contributed by atoms with E-state index in [0.717, 1.165) is 6.42 Å². The van der Waals surface area contributed by atoms with E-state index in [0.29, 0.717) is 23.5 Å². The molecule has 0 aliphatic heterocycles. The van der Waals surface area contributed by atoms with Gasteiger partial charge in [0.25, 0.3) is 0 Å². The van der Waals surface area contributed by atoms with Crippen molar-refractivity contribution < 1.29 is 14.3 Å². The van der Waals surface area contributed by atoms with E-state index in [4.69, 9.17) is 9.47 Å². The summed E-state index contributed by atoms with van der Waals surface area (Å²) in [6, 6.07) is 33.3. The highest BCUT2D eigenvalue weighted by molar-refractivity contribution is 5.83. The van der Waals surface area contributed by atoms with Crippen LogP contribution < -0.4 is 4.74 Å². The second-order valence-corrected chi connectivity index (χ2v) is 9.00. The normalized spacial score (nSPS) is 12.6. The van der Waals surface area contributed by atoms with Gasteiger partial charge in [0.05, 0.1) is 5.92 Å². The number of hydrogen-bond donors (Lipinski definition) is 0. The summed E-state index contributed by atoms with van der Waals surface area (Å²) >= 11 is 0. The van der Waals surface area contributed by atoms with E-state index in [9.17, 15) is 10.1 Å². The highest BCUT2D eigenvalue weighted by Gasteiger charge is 2.27. The number of para-hydroxylation sites is 1. The van der Waals surface area contributed by atoms with Crippen LogP contribution >= 0.6 is 0 Å². The molecule has 0 amide bonds. The van der Waals surface area contributed by atoms with Crippen molar-refractivity contribution >= 4 is 16.7 Å². The minimum Gasteiger partial charge on any atom is -0.457 e. The van der Waals surface area contributed by atoms with Gasteiger partial charge in [0.15, 0.2) is 0 Å². The summed E-state index contributed by atoms with van der Waals surface area (Å²) in [7, 11) is 0. The first-order chi connectivity index (χ1) is 17.0. The maximum absolute atomic E-state index is 13.1. The van der Waals surface area contributed by atoms with Crippen LogP contribution in [0.5, 0.6) is 11.5 Å². The molecule has 0 aliphatic rings. The number of carbonyl (C=O) groups is 1. The molecule has 176 valence electrons. The summed E-state index contributed by atoms with van der Waals surface area (Å²) in [4.78, 5) is 13.1. The van der Waals surface area contributed by atoms with Crippen LogP contribution in [0.2, 0.25) is 0 Å². The van der Waals surface area contributed by atoms with Gasteiger partial charge in [0, 0.05) is 5.56 Å². The molecule has 0 heterocycles. The standard InChI is InChI=1S/C31H29NO3/c1-22(2)29(18-16-23-15-17-24-9-6-7-10-25(24)19-23)31(33)35-30(21-32)26-11-8-14-28(20-26)34-27-12-4-3-5-13-27/h3-15,17,19-20,22,29-30H,16,18H2,1-2H3. The first kappa shape index (κ1) is 24.0. The molecular weight excluding hydrogens is 434 g/mol. The highest BCUT2D eigenvalue weighted by Crippen LogP contribution is 2.28. The van der Waals surface area contributed by atoms with Crippen molar-refractivity contribution in [3.8, 4) is 17.6 Å². The van der Waals surface area contributed by atoms with Gasteiger partial charge in [-0.25, -0.2) is 0 Å². The predicted molar refractivity (Wildman–Crippen MR) is 138 cm³/mol. The fourth-order valence-corrected chi connectivity index (χ4v) is 4.18. The summed E-state index contributed by atoms with van der Waals surface area (Å²) in [5, 5.41) is 12.2. The molecule has 2 atom stereocenters. The van der Waals surface area contributed by atoms with Gasteiger partial charge in [-0.05, 0) is 59.4 Å². The van der Waals surface area contributed by atoms with Gasteiger partial charge in [0.2, 0.25) is 6.10 Å². The highest BCUT2D eigenvalue weighted by atomic mass is 16.5. The van der Waals surface area contributed by atoms with E-state index in [1.807, 2.05) is 62.4 Å². The minimum atomic E-state index is -0.997. The maximum Gasteiger partial charge on any atom is 0.310 e. The summed E-state index contributed by atoms with van der Waals surface area (Å²) in [5.41, 5.74) is 1.77. The summed E-state index contributed by atoms with van der Waals surface area (Å²) < 4.78 is 11.6. The van der Waals surface area contributed by atoms with Crippen LogP contribution in [0.15, 0.2) is 97.1 Å². The lowest BCUT2D eigenvalue weighted by molar-refractivity contribution is -0.153. The lowest BCUT2D eigenvalue weighted by atomic mass is 9.89. The van der Waals surface area contributed by atoms with Crippen LogP contribution in [0.1, 0.15) is 37.5 Å². The third kappa shape index (κ3) is 6.28. The Balaban J connectivity index is 1.43. The molecular formula is C31H29NO3. The van der Waals surface area contributed by atoms with E-state index in [2.05, 4.69) is 36.4 Å². The molecule has 4 aromatic rings. The van der Waals surface area contributed by atoms with Crippen LogP contribution in [0.4, 0.5) is 0 Å². The summed E-state index contributed by atoms with van der Waals surface area (Å²) in [5.74, 6) is 0.725. The molecule has 2 unspecified atom stereocenters. The van der Waals surface area contributed by atoms with Gasteiger partial charge in [-0.3, -0.25) is 4.79 Å². The maximum atomic E-state index is 13.1. The molecule has 0 saturated carbocycles. The Kier molecular flexibility index (Phi) is 7.80. The molecule has 0 fully saturated rings. The molecule has 0 N–H and O–H groups in total. The molecule has 0 aromatic heterocycles. The number of fused-ring (bicyclic) bond motifs is 1. The topological polar surface area (TPSA) is 59.3 Å². The second-order valence-electron chi connectivity index (χ2n) is 9.00. The average Bonchev–Trinajstić information content (AvgIpc) is 2.88. The Hall–Kier alpha value is -4.10. The second kappa shape index (κ2) is 11.4. The van der Waals surface area contributed by atoms with Crippen molar-refractivity contribution in [3.05, 3.63) is 108 Å². The van der Waals surface area contributed by atoms with Gasteiger partial charge >= 0.3 is 5.97 Å². The van der Waals surface area contributed by atoms with Gasteiger partial charge < -0.3 is 9.47 Å². The molecule has 4 rings (SSSR count). The number of ether oxygens (including phenoxy) is 2. The number of benzene rings is 4. The molecule has 35 heavy (non-hydrogen) atoms. The third-order valence-electron chi connectivity index (χ3n) is 6.16. The fourth-order valence-electron chi connectivity index (χ4n) is 4.18. The SMILES string of the molecule is CC(C)C(CCc1ccc2ccccc2c1)C(=O)OC(C#N)c1cccc(Oc2ccccc2)c1. The first-order valence-electron chi connectivity index (χ1n) is 11.9.